The van der Waals surface area contributed by atoms with Gasteiger partial charge in [-0.05, 0) is 82.1 Å². The zero-order chi connectivity index (χ0) is 25.6. The first-order valence-electron chi connectivity index (χ1n) is 11.7. The average molecular weight is 512 g/mol. The molecule has 0 spiro atoms. The number of anilines is 1. The Balaban J connectivity index is 1.73. The summed E-state index contributed by atoms with van der Waals surface area (Å²) in [6, 6.07) is 9.94. The molecule has 1 N–H and O–H groups in total. The number of carbonyl (C=O) groups is 1. The lowest BCUT2D eigenvalue weighted by atomic mass is 9.99. The van der Waals surface area contributed by atoms with Crippen molar-refractivity contribution >= 4 is 21.6 Å². The fourth-order valence-corrected chi connectivity index (χ4v) is 5.41. The van der Waals surface area contributed by atoms with Gasteiger partial charge in [0.15, 0.2) is 0 Å². The first kappa shape index (κ1) is 27.0. The molecule has 0 aliphatic carbocycles. The molecule has 2 aromatic rings. The Bertz CT molecular complexity index is 1100. The Morgan fingerprint density at radius 2 is 1.77 bits per heavy atom. The van der Waals surface area contributed by atoms with Crippen molar-refractivity contribution in [3.05, 3.63) is 59.7 Å². The van der Waals surface area contributed by atoms with Gasteiger partial charge in [0.2, 0.25) is 5.91 Å². The molecule has 2 aromatic carbocycles. The van der Waals surface area contributed by atoms with E-state index in [1.54, 1.807) is 19.1 Å². The van der Waals surface area contributed by atoms with Crippen molar-refractivity contribution in [2.75, 3.05) is 37.0 Å². The van der Waals surface area contributed by atoms with Crippen LogP contribution in [0.5, 0.6) is 0 Å². The highest BCUT2D eigenvalue weighted by atomic mass is 32.2. The normalized spacial score (nSPS) is 15.7. The number of likely N-dealkylation sites (tertiary alicyclic amines) is 1. The molecule has 6 nitrogen and oxygen atoms in total. The number of sulfonamides is 1. The van der Waals surface area contributed by atoms with Gasteiger partial charge in [0.05, 0.1) is 16.1 Å². The molecule has 1 aliphatic rings. The van der Waals surface area contributed by atoms with Crippen molar-refractivity contribution in [2.24, 2.45) is 5.92 Å². The van der Waals surface area contributed by atoms with Crippen LogP contribution >= 0.6 is 0 Å². The van der Waals surface area contributed by atoms with Crippen LogP contribution in [0.1, 0.15) is 37.3 Å². The standard InChI is InChI=1S/C25H32F3N3O3S/c1-19-7-9-23(10-8-19)35(33,34)31(22-6-3-5-21(17-22)25(26,27)28)18-24(32)29-13-4-14-30-15-11-20(2)12-16-30/h3,5-10,17,20H,4,11-16,18H2,1-2H3,(H,29,32). The minimum Gasteiger partial charge on any atom is -0.354 e. The predicted octanol–water partition coefficient (Wildman–Crippen LogP) is 4.45. The summed E-state index contributed by atoms with van der Waals surface area (Å²) in [6.07, 6.45) is -1.65. The number of piperidine rings is 1. The van der Waals surface area contributed by atoms with E-state index in [1.165, 1.54) is 18.2 Å². The van der Waals surface area contributed by atoms with E-state index in [9.17, 15) is 26.4 Å². The van der Waals surface area contributed by atoms with Gasteiger partial charge in [-0.1, -0.05) is 30.7 Å². The molecule has 1 amide bonds. The van der Waals surface area contributed by atoms with Crippen LogP contribution in [0.15, 0.2) is 53.4 Å². The number of alkyl halides is 3. The highest BCUT2D eigenvalue weighted by Crippen LogP contribution is 2.33. The molecule has 0 saturated carbocycles. The first-order valence-corrected chi connectivity index (χ1v) is 13.2. The second-order valence-corrected chi connectivity index (χ2v) is 11.0. The molecule has 1 aliphatic heterocycles. The third-order valence-electron chi connectivity index (χ3n) is 6.21. The van der Waals surface area contributed by atoms with Gasteiger partial charge in [-0.15, -0.1) is 0 Å². The molecule has 3 rings (SSSR count). The minimum absolute atomic E-state index is 0.104. The van der Waals surface area contributed by atoms with Crippen LogP contribution < -0.4 is 9.62 Å². The summed E-state index contributed by atoms with van der Waals surface area (Å²) in [6.45, 7) is 6.62. The quantitative estimate of drug-likeness (QED) is 0.505. The first-order chi connectivity index (χ1) is 16.5. The number of aryl methyl sites for hydroxylation is 1. The van der Waals surface area contributed by atoms with Gasteiger partial charge >= 0.3 is 6.18 Å². The summed E-state index contributed by atoms with van der Waals surface area (Å²) in [7, 11) is -4.28. The van der Waals surface area contributed by atoms with Gasteiger partial charge in [0, 0.05) is 6.54 Å². The van der Waals surface area contributed by atoms with Gasteiger partial charge < -0.3 is 10.2 Å². The summed E-state index contributed by atoms with van der Waals surface area (Å²) in [5, 5.41) is 2.71. The second-order valence-electron chi connectivity index (χ2n) is 9.10. The number of nitrogens with zero attached hydrogens (tertiary/aromatic N) is 2. The van der Waals surface area contributed by atoms with E-state index in [4.69, 9.17) is 0 Å². The van der Waals surface area contributed by atoms with Crippen LogP contribution in [0.3, 0.4) is 0 Å². The van der Waals surface area contributed by atoms with Gasteiger partial charge in [-0.3, -0.25) is 9.10 Å². The van der Waals surface area contributed by atoms with Gasteiger partial charge in [-0.25, -0.2) is 8.42 Å². The number of nitrogens with one attached hydrogen (secondary N) is 1. The number of carbonyl (C=O) groups excluding carboxylic acids is 1. The summed E-state index contributed by atoms with van der Waals surface area (Å²) in [5.41, 5.74) is -0.385. The molecule has 0 radical (unpaired) electrons. The molecule has 10 heteroatoms. The summed E-state index contributed by atoms with van der Waals surface area (Å²) in [4.78, 5) is 14.9. The smallest absolute Gasteiger partial charge is 0.354 e. The molecule has 35 heavy (non-hydrogen) atoms. The zero-order valence-corrected chi connectivity index (χ0v) is 20.8. The van der Waals surface area contributed by atoms with E-state index in [0.29, 0.717) is 13.0 Å². The molecule has 0 aromatic heterocycles. The number of rotatable bonds is 9. The summed E-state index contributed by atoms with van der Waals surface area (Å²) >= 11 is 0. The van der Waals surface area contributed by atoms with Crippen LogP contribution in [0.2, 0.25) is 0 Å². The number of amides is 1. The van der Waals surface area contributed by atoms with Crippen molar-refractivity contribution in [3.8, 4) is 0 Å². The topological polar surface area (TPSA) is 69.7 Å². The van der Waals surface area contributed by atoms with Crippen LogP contribution in [-0.4, -0.2) is 51.9 Å². The van der Waals surface area contributed by atoms with Crippen LogP contribution in [0, 0.1) is 12.8 Å². The molecule has 1 saturated heterocycles. The van der Waals surface area contributed by atoms with E-state index >= 15 is 0 Å². The van der Waals surface area contributed by atoms with E-state index < -0.39 is 34.2 Å². The lowest BCUT2D eigenvalue weighted by molar-refractivity contribution is -0.137. The maximum atomic E-state index is 13.4. The molecule has 0 atom stereocenters. The summed E-state index contributed by atoms with van der Waals surface area (Å²) in [5.74, 6) is 0.147. The highest BCUT2D eigenvalue weighted by molar-refractivity contribution is 7.92. The predicted molar refractivity (Wildman–Crippen MR) is 130 cm³/mol. The number of benzene rings is 2. The van der Waals surface area contributed by atoms with Crippen molar-refractivity contribution in [3.63, 3.8) is 0 Å². The largest absolute Gasteiger partial charge is 0.416 e. The summed E-state index contributed by atoms with van der Waals surface area (Å²) < 4.78 is 67.3. The van der Waals surface area contributed by atoms with Crippen molar-refractivity contribution in [2.45, 2.75) is 44.2 Å². The Morgan fingerprint density at radius 3 is 2.40 bits per heavy atom. The lowest BCUT2D eigenvalue weighted by Gasteiger charge is -2.30. The van der Waals surface area contributed by atoms with E-state index in [0.717, 1.165) is 66.5 Å². The fraction of sp³-hybridized carbons (Fsp3) is 0.480. The molecule has 0 unspecified atom stereocenters. The Morgan fingerprint density at radius 1 is 1.11 bits per heavy atom. The average Bonchev–Trinajstić information content (AvgIpc) is 2.81. The lowest BCUT2D eigenvalue weighted by Crippen LogP contribution is -2.42. The van der Waals surface area contributed by atoms with Crippen molar-refractivity contribution in [1.29, 1.82) is 0 Å². The van der Waals surface area contributed by atoms with Gasteiger partial charge in [-0.2, -0.15) is 13.2 Å². The molecular weight excluding hydrogens is 479 g/mol. The third kappa shape index (κ3) is 7.44. The van der Waals surface area contributed by atoms with Crippen molar-refractivity contribution < 1.29 is 26.4 Å². The fourth-order valence-electron chi connectivity index (χ4n) is 3.99. The third-order valence-corrected chi connectivity index (χ3v) is 8.00. The Labute approximate surface area is 205 Å². The zero-order valence-electron chi connectivity index (χ0n) is 20.0. The maximum absolute atomic E-state index is 13.4. The van der Waals surface area contributed by atoms with Crippen molar-refractivity contribution in [1.82, 2.24) is 10.2 Å². The molecule has 0 bridgehead atoms. The molecular formula is C25H32F3N3O3S. The number of hydrogen-bond acceptors (Lipinski definition) is 4. The Hall–Kier alpha value is -2.59. The maximum Gasteiger partial charge on any atom is 0.416 e. The van der Waals surface area contributed by atoms with Crippen LogP contribution in [-0.2, 0) is 21.0 Å². The van der Waals surface area contributed by atoms with Crippen LogP contribution in [0.25, 0.3) is 0 Å². The molecule has 1 heterocycles. The van der Waals surface area contributed by atoms with E-state index in [2.05, 4.69) is 17.1 Å². The van der Waals surface area contributed by atoms with Gasteiger partial charge in [0.25, 0.3) is 10.0 Å². The van der Waals surface area contributed by atoms with Crippen LogP contribution in [0.4, 0.5) is 18.9 Å². The highest BCUT2D eigenvalue weighted by Gasteiger charge is 2.33. The Kier molecular flexibility index (Phi) is 8.82. The molecule has 1 fully saturated rings. The minimum atomic E-state index is -4.65. The van der Waals surface area contributed by atoms with E-state index in [1.807, 2.05) is 0 Å². The SMILES string of the molecule is Cc1ccc(S(=O)(=O)N(CC(=O)NCCCN2CCC(C)CC2)c2cccc(C(F)(F)F)c2)cc1. The number of halogens is 3. The van der Waals surface area contributed by atoms with Gasteiger partial charge in [0.1, 0.15) is 6.54 Å². The number of hydrogen-bond donors (Lipinski definition) is 1. The monoisotopic (exact) mass is 511 g/mol. The molecule has 192 valence electrons. The van der Waals surface area contributed by atoms with E-state index in [-0.39, 0.29) is 10.6 Å². The second kappa shape index (κ2) is 11.4.